The quantitative estimate of drug-likeness (QED) is 0.927. The van der Waals surface area contributed by atoms with E-state index in [2.05, 4.69) is 5.32 Å². The summed E-state index contributed by atoms with van der Waals surface area (Å²) in [6.45, 7) is 8.34. The predicted octanol–water partition coefficient (Wildman–Crippen LogP) is 2.40. The smallest absolute Gasteiger partial charge is 0.317 e. The van der Waals surface area contributed by atoms with Gasteiger partial charge in [0.15, 0.2) is 0 Å². The van der Waals surface area contributed by atoms with Crippen molar-refractivity contribution in [1.82, 2.24) is 10.2 Å². The average Bonchev–Trinajstić information content (AvgIpc) is 2.44. The summed E-state index contributed by atoms with van der Waals surface area (Å²) in [6, 6.07) is 7.74. The maximum Gasteiger partial charge on any atom is 0.317 e. The van der Waals surface area contributed by atoms with E-state index in [-0.39, 0.29) is 18.2 Å². The van der Waals surface area contributed by atoms with Crippen molar-refractivity contribution in [3.05, 3.63) is 29.8 Å². The Kier molecular flexibility index (Phi) is 5.44. The molecule has 116 valence electrons. The number of amides is 2. The largest absolute Gasteiger partial charge is 0.494 e. The van der Waals surface area contributed by atoms with Gasteiger partial charge in [-0.25, -0.2) is 4.79 Å². The Morgan fingerprint density at radius 2 is 2.10 bits per heavy atom. The second kappa shape index (κ2) is 7.31. The molecule has 2 rings (SSSR count). The minimum absolute atomic E-state index is 0.0428. The number of urea groups is 1. The third kappa shape index (κ3) is 4.63. The van der Waals surface area contributed by atoms with Crippen LogP contribution in [0.15, 0.2) is 24.3 Å². The van der Waals surface area contributed by atoms with Crippen molar-refractivity contribution >= 4 is 6.03 Å². The van der Waals surface area contributed by atoms with Gasteiger partial charge in [0, 0.05) is 19.6 Å². The molecule has 1 fully saturated rings. The minimum atomic E-state index is -0.0428. The highest BCUT2D eigenvalue weighted by molar-refractivity contribution is 5.74. The van der Waals surface area contributed by atoms with Crippen molar-refractivity contribution < 1.29 is 14.3 Å². The van der Waals surface area contributed by atoms with Crippen LogP contribution in [0, 0.1) is 0 Å². The summed E-state index contributed by atoms with van der Waals surface area (Å²) in [5.41, 5.74) is 1.03. The zero-order valence-corrected chi connectivity index (χ0v) is 13.0. The van der Waals surface area contributed by atoms with Crippen LogP contribution in [0.25, 0.3) is 0 Å². The topological polar surface area (TPSA) is 50.8 Å². The molecule has 5 nitrogen and oxygen atoms in total. The number of nitrogens with zero attached hydrogens (tertiary/aromatic N) is 1. The third-order valence-corrected chi connectivity index (χ3v) is 3.36. The molecule has 2 unspecified atom stereocenters. The lowest BCUT2D eigenvalue weighted by Crippen LogP contribution is -2.51. The SMILES string of the molecule is CCOc1cccc(CNC(=O)N2CC(C)OC(C)C2)c1. The number of carbonyl (C=O) groups excluding carboxylic acids is 1. The Bertz CT molecular complexity index is 468. The fourth-order valence-corrected chi connectivity index (χ4v) is 2.55. The number of hydrogen-bond donors (Lipinski definition) is 1. The van der Waals surface area contributed by atoms with Crippen molar-refractivity contribution in [1.29, 1.82) is 0 Å². The second-order valence-corrected chi connectivity index (χ2v) is 5.40. The zero-order chi connectivity index (χ0) is 15.2. The van der Waals surface area contributed by atoms with Crippen LogP contribution >= 0.6 is 0 Å². The summed E-state index contributed by atoms with van der Waals surface area (Å²) >= 11 is 0. The number of nitrogens with one attached hydrogen (secondary N) is 1. The maximum atomic E-state index is 12.2. The summed E-state index contributed by atoms with van der Waals surface area (Å²) in [4.78, 5) is 14.0. The molecule has 1 aliphatic heterocycles. The van der Waals surface area contributed by atoms with Crippen molar-refractivity contribution in [2.24, 2.45) is 0 Å². The normalized spacial score (nSPS) is 22.0. The number of rotatable bonds is 4. The van der Waals surface area contributed by atoms with Gasteiger partial charge in [-0.3, -0.25) is 0 Å². The van der Waals surface area contributed by atoms with Gasteiger partial charge in [0.05, 0.1) is 18.8 Å². The molecule has 1 N–H and O–H groups in total. The number of morpholine rings is 1. The first-order valence-electron chi connectivity index (χ1n) is 7.48. The van der Waals surface area contributed by atoms with E-state index < -0.39 is 0 Å². The van der Waals surface area contributed by atoms with E-state index in [0.29, 0.717) is 26.2 Å². The van der Waals surface area contributed by atoms with Crippen molar-refractivity contribution in [2.45, 2.75) is 39.5 Å². The lowest BCUT2D eigenvalue weighted by molar-refractivity contribution is -0.0545. The summed E-state index contributed by atoms with van der Waals surface area (Å²) in [7, 11) is 0. The molecular formula is C16H24N2O3. The molecule has 0 aromatic heterocycles. The van der Waals surface area contributed by atoms with Crippen LogP contribution < -0.4 is 10.1 Å². The van der Waals surface area contributed by atoms with E-state index in [1.165, 1.54) is 0 Å². The van der Waals surface area contributed by atoms with Crippen LogP contribution in [0.2, 0.25) is 0 Å². The molecule has 1 aliphatic rings. The van der Waals surface area contributed by atoms with E-state index in [1.807, 2.05) is 49.9 Å². The Morgan fingerprint density at radius 3 is 2.76 bits per heavy atom. The van der Waals surface area contributed by atoms with Crippen LogP contribution in [-0.4, -0.2) is 42.8 Å². The van der Waals surface area contributed by atoms with Gasteiger partial charge in [-0.05, 0) is 38.5 Å². The molecule has 0 aliphatic carbocycles. The first-order valence-corrected chi connectivity index (χ1v) is 7.48. The van der Waals surface area contributed by atoms with Crippen molar-refractivity contribution in [2.75, 3.05) is 19.7 Å². The van der Waals surface area contributed by atoms with Crippen molar-refractivity contribution in [3.63, 3.8) is 0 Å². The highest BCUT2D eigenvalue weighted by Gasteiger charge is 2.25. The number of ether oxygens (including phenoxy) is 2. The highest BCUT2D eigenvalue weighted by atomic mass is 16.5. The van der Waals surface area contributed by atoms with Gasteiger partial charge < -0.3 is 19.7 Å². The van der Waals surface area contributed by atoms with Crippen LogP contribution in [0.4, 0.5) is 4.79 Å². The predicted molar refractivity (Wildman–Crippen MR) is 81.4 cm³/mol. The molecule has 0 bridgehead atoms. The van der Waals surface area contributed by atoms with E-state index >= 15 is 0 Å². The van der Waals surface area contributed by atoms with E-state index in [0.717, 1.165) is 11.3 Å². The van der Waals surface area contributed by atoms with Gasteiger partial charge in [-0.1, -0.05) is 12.1 Å². The van der Waals surface area contributed by atoms with Gasteiger partial charge >= 0.3 is 6.03 Å². The Balaban J connectivity index is 1.87. The average molecular weight is 292 g/mol. The molecule has 5 heteroatoms. The molecule has 1 aromatic rings. The monoisotopic (exact) mass is 292 g/mol. The standard InChI is InChI=1S/C16H24N2O3/c1-4-20-15-7-5-6-14(8-15)9-17-16(19)18-10-12(2)21-13(3)11-18/h5-8,12-13H,4,9-11H2,1-3H3,(H,17,19). The fourth-order valence-electron chi connectivity index (χ4n) is 2.55. The second-order valence-electron chi connectivity index (χ2n) is 5.40. The van der Waals surface area contributed by atoms with Crippen LogP contribution in [0.3, 0.4) is 0 Å². The lowest BCUT2D eigenvalue weighted by atomic mass is 10.2. The Labute approximate surface area is 126 Å². The summed E-state index contributed by atoms with van der Waals surface area (Å²) in [5.74, 6) is 0.831. The first kappa shape index (κ1) is 15.6. The molecule has 2 amide bonds. The molecule has 0 radical (unpaired) electrons. The minimum Gasteiger partial charge on any atom is -0.494 e. The molecule has 0 spiro atoms. The van der Waals surface area contributed by atoms with Gasteiger partial charge in [-0.2, -0.15) is 0 Å². The first-order chi connectivity index (χ1) is 10.1. The fraction of sp³-hybridized carbons (Fsp3) is 0.562. The number of benzene rings is 1. The molecule has 21 heavy (non-hydrogen) atoms. The summed E-state index contributed by atoms with van der Waals surface area (Å²) < 4.78 is 11.1. The van der Waals surface area contributed by atoms with Gasteiger partial charge in [0.1, 0.15) is 5.75 Å². The Morgan fingerprint density at radius 1 is 1.38 bits per heavy atom. The number of carbonyl (C=O) groups is 1. The highest BCUT2D eigenvalue weighted by Crippen LogP contribution is 2.14. The van der Waals surface area contributed by atoms with Gasteiger partial charge in [0.2, 0.25) is 0 Å². The van der Waals surface area contributed by atoms with Crippen LogP contribution in [0.1, 0.15) is 26.3 Å². The Hall–Kier alpha value is -1.75. The molecule has 2 atom stereocenters. The molecule has 1 heterocycles. The van der Waals surface area contributed by atoms with E-state index in [9.17, 15) is 4.79 Å². The van der Waals surface area contributed by atoms with E-state index in [1.54, 1.807) is 0 Å². The molecule has 0 saturated carbocycles. The molecule has 1 saturated heterocycles. The summed E-state index contributed by atoms with van der Waals surface area (Å²) in [5, 5.41) is 2.95. The zero-order valence-electron chi connectivity index (χ0n) is 13.0. The van der Waals surface area contributed by atoms with E-state index in [4.69, 9.17) is 9.47 Å². The van der Waals surface area contributed by atoms with Crippen LogP contribution in [-0.2, 0) is 11.3 Å². The van der Waals surface area contributed by atoms with Gasteiger partial charge in [0.25, 0.3) is 0 Å². The van der Waals surface area contributed by atoms with Crippen LogP contribution in [0.5, 0.6) is 5.75 Å². The molecular weight excluding hydrogens is 268 g/mol. The molecule has 1 aromatic carbocycles. The lowest BCUT2D eigenvalue weighted by Gasteiger charge is -2.35. The maximum absolute atomic E-state index is 12.2. The van der Waals surface area contributed by atoms with Crippen molar-refractivity contribution in [3.8, 4) is 5.75 Å². The third-order valence-electron chi connectivity index (χ3n) is 3.36. The number of hydrogen-bond acceptors (Lipinski definition) is 3. The van der Waals surface area contributed by atoms with Gasteiger partial charge in [-0.15, -0.1) is 0 Å². The summed E-state index contributed by atoms with van der Waals surface area (Å²) in [6.07, 6.45) is 0.168.